The van der Waals surface area contributed by atoms with Gasteiger partial charge in [0.05, 0.1) is 18.8 Å². The highest BCUT2D eigenvalue weighted by Crippen LogP contribution is 2.20. The molecular formula is C17H23N3O2S. The lowest BCUT2D eigenvalue weighted by molar-refractivity contribution is 0.414. The second-order valence-corrected chi connectivity index (χ2v) is 7.15. The molecule has 1 aromatic carbocycles. The Morgan fingerprint density at radius 2 is 1.96 bits per heavy atom. The molecular weight excluding hydrogens is 310 g/mol. The number of thioether (sulfide) groups is 1. The molecule has 0 saturated carbocycles. The van der Waals surface area contributed by atoms with Gasteiger partial charge in [0.2, 0.25) is 5.95 Å². The van der Waals surface area contributed by atoms with Crippen LogP contribution in [0.1, 0.15) is 38.1 Å². The average molecular weight is 333 g/mol. The molecule has 0 fully saturated rings. The van der Waals surface area contributed by atoms with Crippen LogP contribution in [0, 0.1) is 0 Å². The molecule has 5 nitrogen and oxygen atoms in total. The van der Waals surface area contributed by atoms with Gasteiger partial charge in [-0.05, 0) is 29.9 Å². The molecule has 1 aromatic heterocycles. The summed E-state index contributed by atoms with van der Waals surface area (Å²) < 4.78 is 5.16. The van der Waals surface area contributed by atoms with Crippen molar-refractivity contribution in [2.45, 2.75) is 37.8 Å². The first-order valence-corrected chi connectivity index (χ1v) is 8.65. The number of methoxy groups -OCH3 is 1. The molecule has 1 unspecified atom stereocenters. The van der Waals surface area contributed by atoms with Crippen LogP contribution < -0.4 is 15.6 Å². The summed E-state index contributed by atoms with van der Waals surface area (Å²) in [6, 6.07) is 9.40. The third-order valence-electron chi connectivity index (χ3n) is 3.33. The number of hydrogen-bond acceptors (Lipinski definition) is 5. The normalized spacial score (nSPS) is 12.2. The van der Waals surface area contributed by atoms with E-state index in [-0.39, 0.29) is 11.6 Å². The van der Waals surface area contributed by atoms with E-state index in [2.05, 4.69) is 29.1 Å². The summed E-state index contributed by atoms with van der Waals surface area (Å²) in [7, 11) is 1.64. The average Bonchev–Trinajstić information content (AvgIpc) is 2.52. The Kier molecular flexibility index (Phi) is 6.10. The molecule has 0 radical (unpaired) electrons. The van der Waals surface area contributed by atoms with Crippen molar-refractivity contribution in [1.82, 2.24) is 9.97 Å². The SMILES string of the molecule is COc1ccc(C(C)Nc2nc(CSC(C)C)cc(=O)[nH]2)cc1. The van der Waals surface area contributed by atoms with Crippen LogP contribution in [0.3, 0.4) is 0 Å². The molecule has 2 rings (SSSR count). The standard InChI is InChI=1S/C17H23N3O2S/c1-11(2)23-10-14-9-16(21)20-17(19-14)18-12(3)13-5-7-15(22-4)8-6-13/h5-9,11-12H,10H2,1-4H3,(H2,18,19,20,21). The molecule has 2 aromatic rings. The molecule has 0 aliphatic carbocycles. The number of aromatic amines is 1. The third-order valence-corrected chi connectivity index (χ3v) is 4.46. The fraction of sp³-hybridized carbons (Fsp3) is 0.412. The van der Waals surface area contributed by atoms with E-state index < -0.39 is 0 Å². The summed E-state index contributed by atoms with van der Waals surface area (Å²) >= 11 is 1.76. The van der Waals surface area contributed by atoms with Crippen LogP contribution in [0.4, 0.5) is 5.95 Å². The van der Waals surface area contributed by atoms with Gasteiger partial charge in [0.15, 0.2) is 0 Å². The minimum atomic E-state index is -0.135. The van der Waals surface area contributed by atoms with Crippen molar-refractivity contribution in [2.24, 2.45) is 0 Å². The van der Waals surface area contributed by atoms with Crippen molar-refractivity contribution in [1.29, 1.82) is 0 Å². The van der Waals surface area contributed by atoms with Crippen LogP contribution in [-0.2, 0) is 5.75 Å². The minimum Gasteiger partial charge on any atom is -0.497 e. The van der Waals surface area contributed by atoms with Gasteiger partial charge in [-0.2, -0.15) is 11.8 Å². The predicted octanol–water partition coefficient (Wildman–Crippen LogP) is 3.59. The molecule has 1 atom stereocenters. The number of H-pyrrole nitrogens is 1. The van der Waals surface area contributed by atoms with Gasteiger partial charge in [-0.3, -0.25) is 9.78 Å². The maximum Gasteiger partial charge on any atom is 0.252 e. The van der Waals surface area contributed by atoms with Gasteiger partial charge in [0, 0.05) is 11.8 Å². The molecule has 0 saturated heterocycles. The number of aromatic nitrogens is 2. The maximum atomic E-state index is 11.8. The summed E-state index contributed by atoms with van der Waals surface area (Å²) in [5.74, 6) is 2.05. The Hall–Kier alpha value is -1.95. The summed E-state index contributed by atoms with van der Waals surface area (Å²) in [4.78, 5) is 19.0. The predicted molar refractivity (Wildman–Crippen MR) is 96.3 cm³/mol. The number of nitrogens with zero attached hydrogens (tertiary/aromatic N) is 1. The van der Waals surface area contributed by atoms with Crippen LogP contribution in [-0.4, -0.2) is 22.3 Å². The molecule has 6 heteroatoms. The fourth-order valence-corrected chi connectivity index (χ4v) is 2.74. The van der Waals surface area contributed by atoms with Gasteiger partial charge >= 0.3 is 0 Å². The fourth-order valence-electron chi connectivity index (χ4n) is 2.08. The number of anilines is 1. The zero-order chi connectivity index (χ0) is 16.8. The smallest absolute Gasteiger partial charge is 0.252 e. The summed E-state index contributed by atoms with van der Waals surface area (Å²) in [5, 5.41) is 3.75. The summed E-state index contributed by atoms with van der Waals surface area (Å²) in [6.45, 7) is 6.28. The molecule has 0 amide bonds. The second kappa shape index (κ2) is 8.06. The monoisotopic (exact) mass is 333 g/mol. The van der Waals surface area contributed by atoms with Gasteiger partial charge in [-0.1, -0.05) is 26.0 Å². The third kappa shape index (κ3) is 5.32. The van der Waals surface area contributed by atoms with Crippen LogP contribution in [0.5, 0.6) is 5.75 Å². The molecule has 0 spiro atoms. The van der Waals surface area contributed by atoms with Crippen molar-refractivity contribution in [3.8, 4) is 5.75 Å². The lowest BCUT2D eigenvalue weighted by Crippen LogP contribution is -2.16. The van der Waals surface area contributed by atoms with Gasteiger partial charge in [-0.15, -0.1) is 0 Å². The highest BCUT2D eigenvalue weighted by molar-refractivity contribution is 7.99. The van der Waals surface area contributed by atoms with Gasteiger partial charge in [-0.25, -0.2) is 4.98 Å². The Morgan fingerprint density at radius 1 is 1.26 bits per heavy atom. The first-order chi connectivity index (χ1) is 11.0. The minimum absolute atomic E-state index is 0.0251. The summed E-state index contributed by atoms with van der Waals surface area (Å²) in [6.07, 6.45) is 0. The van der Waals surface area contributed by atoms with Crippen molar-refractivity contribution in [2.75, 3.05) is 12.4 Å². The van der Waals surface area contributed by atoms with E-state index >= 15 is 0 Å². The van der Waals surface area contributed by atoms with Crippen LogP contribution >= 0.6 is 11.8 Å². The lowest BCUT2D eigenvalue weighted by Gasteiger charge is -2.15. The van der Waals surface area contributed by atoms with E-state index in [4.69, 9.17) is 4.74 Å². The zero-order valence-corrected chi connectivity index (χ0v) is 14.7. The van der Waals surface area contributed by atoms with Crippen LogP contribution in [0.25, 0.3) is 0 Å². The van der Waals surface area contributed by atoms with E-state index in [1.807, 2.05) is 31.2 Å². The van der Waals surface area contributed by atoms with Crippen molar-refractivity contribution in [3.05, 3.63) is 51.9 Å². The number of nitrogens with one attached hydrogen (secondary N) is 2. The largest absolute Gasteiger partial charge is 0.497 e. The molecule has 23 heavy (non-hydrogen) atoms. The van der Waals surface area contributed by atoms with E-state index in [1.165, 1.54) is 0 Å². The quantitative estimate of drug-likeness (QED) is 0.810. The molecule has 124 valence electrons. The van der Waals surface area contributed by atoms with E-state index in [0.29, 0.717) is 11.2 Å². The maximum absolute atomic E-state index is 11.8. The van der Waals surface area contributed by atoms with Crippen molar-refractivity contribution < 1.29 is 4.74 Å². The summed E-state index contributed by atoms with van der Waals surface area (Å²) in [5.41, 5.74) is 1.75. The van der Waals surface area contributed by atoms with Crippen molar-refractivity contribution >= 4 is 17.7 Å². The first-order valence-electron chi connectivity index (χ1n) is 7.60. The topological polar surface area (TPSA) is 67.0 Å². The van der Waals surface area contributed by atoms with E-state index in [9.17, 15) is 4.79 Å². The Balaban J connectivity index is 2.10. The first kappa shape index (κ1) is 17.4. The molecule has 2 N–H and O–H groups in total. The molecule has 0 bridgehead atoms. The van der Waals surface area contributed by atoms with Gasteiger partial charge in [0.25, 0.3) is 5.56 Å². The van der Waals surface area contributed by atoms with Gasteiger partial charge in [0.1, 0.15) is 5.75 Å². The molecule has 1 heterocycles. The number of hydrogen-bond donors (Lipinski definition) is 2. The van der Waals surface area contributed by atoms with Gasteiger partial charge < -0.3 is 10.1 Å². The van der Waals surface area contributed by atoms with E-state index in [0.717, 1.165) is 22.8 Å². The van der Waals surface area contributed by atoms with E-state index in [1.54, 1.807) is 24.9 Å². The number of ether oxygens (including phenoxy) is 1. The molecule has 0 aliphatic rings. The number of rotatable bonds is 7. The molecule has 0 aliphatic heterocycles. The lowest BCUT2D eigenvalue weighted by atomic mass is 10.1. The Morgan fingerprint density at radius 3 is 2.57 bits per heavy atom. The van der Waals surface area contributed by atoms with Crippen molar-refractivity contribution in [3.63, 3.8) is 0 Å². The van der Waals surface area contributed by atoms with Crippen LogP contribution in [0.2, 0.25) is 0 Å². The zero-order valence-electron chi connectivity index (χ0n) is 13.9. The Labute approximate surface area is 140 Å². The number of benzene rings is 1. The Bertz CT molecular complexity index is 683. The highest BCUT2D eigenvalue weighted by Gasteiger charge is 2.09. The van der Waals surface area contributed by atoms with Crippen LogP contribution in [0.15, 0.2) is 35.1 Å². The highest BCUT2D eigenvalue weighted by atomic mass is 32.2. The second-order valence-electron chi connectivity index (χ2n) is 5.58.